The second kappa shape index (κ2) is 4.39. The highest BCUT2D eigenvalue weighted by Gasteiger charge is 2.12. The van der Waals surface area contributed by atoms with Crippen molar-refractivity contribution in [2.75, 3.05) is 0 Å². The third-order valence-corrected chi connectivity index (χ3v) is 3.12. The molecule has 0 atom stereocenters. The van der Waals surface area contributed by atoms with Crippen molar-refractivity contribution >= 4 is 23.4 Å². The van der Waals surface area contributed by atoms with Crippen molar-refractivity contribution in [2.24, 2.45) is 0 Å². The molecule has 5 nitrogen and oxygen atoms in total. The molecule has 0 aliphatic carbocycles. The molecule has 0 saturated heterocycles. The Hall–Kier alpha value is -1.14. The number of hydrogen-bond acceptors (Lipinski definition) is 6. The van der Waals surface area contributed by atoms with Gasteiger partial charge in [0.05, 0.1) is 11.4 Å². The number of halogens is 1. The molecule has 0 amide bonds. The molecule has 0 aliphatic heterocycles. The van der Waals surface area contributed by atoms with Crippen LogP contribution < -0.4 is 0 Å². The van der Waals surface area contributed by atoms with Gasteiger partial charge in [0.15, 0.2) is 5.15 Å². The number of rotatable bonds is 2. The second-order valence-corrected chi connectivity index (χ2v) is 4.48. The third kappa shape index (κ3) is 2.33. The summed E-state index contributed by atoms with van der Waals surface area (Å²) in [5, 5.41) is 8.92. The van der Waals surface area contributed by atoms with Crippen LogP contribution in [0.5, 0.6) is 0 Å². The van der Waals surface area contributed by atoms with Crippen LogP contribution in [0.15, 0.2) is 14.7 Å². The molecular weight excluding hydrogens is 248 g/mol. The summed E-state index contributed by atoms with van der Waals surface area (Å²) in [6, 6.07) is 0. The molecule has 0 N–H and O–H groups in total. The van der Waals surface area contributed by atoms with Gasteiger partial charge in [-0.15, -0.1) is 10.2 Å². The molecule has 2 rings (SSSR count). The predicted molar refractivity (Wildman–Crippen MR) is 59.7 cm³/mol. The van der Waals surface area contributed by atoms with E-state index in [1.54, 1.807) is 6.92 Å². The van der Waals surface area contributed by atoms with E-state index < -0.39 is 0 Å². The zero-order chi connectivity index (χ0) is 11.7. The summed E-state index contributed by atoms with van der Waals surface area (Å²) in [6.07, 6.45) is 0. The van der Waals surface area contributed by atoms with Crippen LogP contribution in [0, 0.1) is 20.8 Å². The lowest BCUT2D eigenvalue weighted by Gasteiger charge is -2.03. The molecule has 16 heavy (non-hydrogen) atoms. The maximum Gasteiger partial charge on any atom is 0.283 e. The van der Waals surface area contributed by atoms with E-state index in [1.807, 2.05) is 13.8 Å². The zero-order valence-electron chi connectivity index (χ0n) is 8.98. The molecule has 84 valence electrons. The van der Waals surface area contributed by atoms with E-state index in [9.17, 15) is 0 Å². The number of hydrogen-bond donors (Lipinski definition) is 0. The Labute approximate surface area is 102 Å². The summed E-state index contributed by atoms with van der Waals surface area (Å²) in [7, 11) is 0. The lowest BCUT2D eigenvalue weighted by Crippen LogP contribution is -1.95. The van der Waals surface area contributed by atoms with Crippen LogP contribution in [0.25, 0.3) is 0 Å². The first kappa shape index (κ1) is 11.3. The number of aromatic nitrogens is 4. The van der Waals surface area contributed by atoms with Gasteiger partial charge < -0.3 is 4.42 Å². The van der Waals surface area contributed by atoms with E-state index in [1.165, 1.54) is 11.8 Å². The minimum Gasteiger partial charge on any atom is -0.416 e. The molecule has 0 aromatic carbocycles. The van der Waals surface area contributed by atoms with Gasteiger partial charge in [0.1, 0.15) is 5.03 Å². The van der Waals surface area contributed by atoms with E-state index in [0.717, 1.165) is 11.4 Å². The van der Waals surface area contributed by atoms with Crippen LogP contribution in [0.3, 0.4) is 0 Å². The molecule has 2 aromatic rings. The summed E-state index contributed by atoms with van der Waals surface area (Å²) in [5.41, 5.74) is 1.65. The Morgan fingerprint density at radius 1 is 1.06 bits per heavy atom. The lowest BCUT2D eigenvalue weighted by atomic mass is 10.4. The van der Waals surface area contributed by atoms with E-state index in [2.05, 4.69) is 20.2 Å². The van der Waals surface area contributed by atoms with Crippen LogP contribution in [0.4, 0.5) is 0 Å². The first-order valence-corrected chi connectivity index (χ1v) is 5.74. The summed E-state index contributed by atoms with van der Waals surface area (Å²) < 4.78 is 5.23. The SMILES string of the molecule is Cc1nnc(Sc2nc(C)c(C)nc2Cl)o1. The van der Waals surface area contributed by atoms with Crippen LogP contribution in [-0.2, 0) is 0 Å². The summed E-state index contributed by atoms with van der Waals surface area (Å²) >= 11 is 7.19. The van der Waals surface area contributed by atoms with Gasteiger partial charge in [-0.3, -0.25) is 0 Å². The van der Waals surface area contributed by atoms with Crippen LogP contribution in [0.2, 0.25) is 5.15 Å². The third-order valence-electron chi connectivity index (χ3n) is 1.93. The fourth-order valence-corrected chi connectivity index (χ4v) is 2.03. The van der Waals surface area contributed by atoms with Crippen molar-refractivity contribution < 1.29 is 4.42 Å². The highest BCUT2D eigenvalue weighted by Crippen LogP contribution is 2.30. The molecule has 0 bridgehead atoms. The van der Waals surface area contributed by atoms with Crippen molar-refractivity contribution in [3.63, 3.8) is 0 Å². The average Bonchev–Trinajstić information content (AvgIpc) is 2.60. The first-order chi connectivity index (χ1) is 7.56. The quantitative estimate of drug-likeness (QED) is 0.823. The van der Waals surface area contributed by atoms with Crippen LogP contribution in [-0.4, -0.2) is 20.2 Å². The van der Waals surface area contributed by atoms with E-state index in [-0.39, 0.29) is 0 Å². The Morgan fingerprint density at radius 3 is 2.38 bits per heavy atom. The first-order valence-electron chi connectivity index (χ1n) is 4.55. The molecule has 2 aromatic heterocycles. The minimum absolute atomic E-state index is 0.351. The predicted octanol–water partition coefficient (Wildman–Crippen LogP) is 2.59. The molecule has 0 fully saturated rings. The lowest BCUT2D eigenvalue weighted by molar-refractivity contribution is 0.429. The van der Waals surface area contributed by atoms with Crippen molar-refractivity contribution in [3.8, 4) is 0 Å². The van der Waals surface area contributed by atoms with Crippen molar-refractivity contribution in [1.29, 1.82) is 0 Å². The fourth-order valence-electron chi connectivity index (χ4n) is 1.02. The minimum atomic E-state index is 0.351. The van der Waals surface area contributed by atoms with Gasteiger partial charge in [-0.05, 0) is 25.6 Å². The summed E-state index contributed by atoms with van der Waals surface area (Å²) in [5.74, 6) is 0.510. The Morgan fingerprint density at radius 2 is 1.75 bits per heavy atom. The van der Waals surface area contributed by atoms with Crippen LogP contribution in [0.1, 0.15) is 17.3 Å². The highest BCUT2D eigenvalue weighted by molar-refractivity contribution is 7.99. The molecular formula is C9H9ClN4OS. The molecule has 0 aliphatic rings. The number of aryl methyl sites for hydroxylation is 3. The van der Waals surface area contributed by atoms with E-state index in [0.29, 0.717) is 21.3 Å². The molecule has 0 saturated carbocycles. The largest absolute Gasteiger partial charge is 0.416 e. The van der Waals surface area contributed by atoms with Gasteiger partial charge in [0.2, 0.25) is 5.89 Å². The summed E-state index contributed by atoms with van der Waals surface area (Å²) in [4.78, 5) is 8.49. The van der Waals surface area contributed by atoms with Crippen molar-refractivity contribution in [1.82, 2.24) is 20.2 Å². The summed E-state index contributed by atoms with van der Waals surface area (Å²) in [6.45, 7) is 5.46. The normalized spacial score (nSPS) is 10.8. The Balaban J connectivity index is 2.31. The van der Waals surface area contributed by atoms with Gasteiger partial charge in [-0.25, -0.2) is 9.97 Å². The topological polar surface area (TPSA) is 64.7 Å². The van der Waals surface area contributed by atoms with Gasteiger partial charge in [0, 0.05) is 6.92 Å². The zero-order valence-corrected chi connectivity index (χ0v) is 10.6. The average molecular weight is 257 g/mol. The van der Waals surface area contributed by atoms with Crippen molar-refractivity contribution in [3.05, 3.63) is 22.4 Å². The molecule has 0 radical (unpaired) electrons. The molecule has 2 heterocycles. The molecule has 0 spiro atoms. The molecule has 7 heteroatoms. The molecule has 0 unspecified atom stereocenters. The van der Waals surface area contributed by atoms with Crippen LogP contribution >= 0.6 is 23.4 Å². The smallest absolute Gasteiger partial charge is 0.283 e. The Bertz CT molecular complexity index is 528. The maximum atomic E-state index is 5.97. The second-order valence-electron chi connectivity index (χ2n) is 3.18. The van der Waals surface area contributed by atoms with Crippen molar-refractivity contribution in [2.45, 2.75) is 31.0 Å². The van der Waals surface area contributed by atoms with Gasteiger partial charge in [-0.1, -0.05) is 11.6 Å². The standard InChI is InChI=1S/C9H9ClN4OS/c1-4-5(2)12-8(7(10)11-4)16-9-14-13-6(3)15-9/h1-3H3. The van der Waals surface area contributed by atoms with E-state index >= 15 is 0 Å². The van der Waals surface area contributed by atoms with Gasteiger partial charge >= 0.3 is 0 Å². The highest BCUT2D eigenvalue weighted by atomic mass is 35.5. The van der Waals surface area contributed by atoms with Gasteiger partial charge in [-0.2, -0.15) is 0 Å². The maximum absolute atomic E-state index is 5.97. The Kier molecular flexibility index (Phi) is 3.11. The number of nitrogens with zero attached hydrogens (tertiary/aromatic N) is 4. The monoisotopic (exact) mass is 256 g/mol. The fraction of sp³-hybridized carbons (Fsp3) is 0.333. The van der Waals surface area contributed by atoms with Gasteiger partial charge in [0.25, 0.3) is 5.22 Å². The van der Waals surface area contributed by atoms with E-state index in [4.69, 9.17) is 16.0 Å².